The third-order valence-corrected chi connectivity index (χ3v) is 5.16. The van der Waals surface area contributed by atoms with E-state index in [1.165, 1.54) is 30.3 Å². The normalized spacial score (nSPS) is 13.1. The number of aryl methyl sites for hydroxylation is 2. The molecule has 4 rings (SSSR count). The molecule has 0 aliphatic heterocycles. The molecule has 0 atom stereocenters. The van der Waals surface area contributed by atoms with E-state index in [4.69, 9.17) is 9.47 Å². The van der Waals surface area contributed by atoms with Crippen molar-refractivity contribution in [3.8, 4) is 11.6 Å². The summed E-state index contributed by atoms with van der Waals surface area (Å²) in [4.78, 5) is 22.5. The SMILES string of the molecule is COC(=O)c1ccc(Oc2ncnc3sc4c(c23)CCC4)cc1. The van der Waals surface area contributed by atoms with Gasteiger partial charge in [0.15, 0.2) is 0 Å². The van der Waals surface area contributed by atoms with Crippen LogP contribution in [0.5, 0.6) is 11.6 Å². The molecule has 116 valence electrons. The Kier molecular flexibility index (Phi) is 3.46. The van der Waals surface area contributed by atoms with Gasteiger partial charge in [-0.3, -0.25) is 0 Å². The Hall–Kier alpha value is -2.47. The quantitative estimate of drug-likeness (QED) is 0.686. The van der Waals surface area contributed by atoms with Crippen LogP contribution in [0.2, 0.25) is 0 Å². The highest BCUT2D eigenvalue weighted by Crippen LogP contribution is 2.40. The van der Waals surface area contributed by atoms with Crippen LogP contribution < -0.4 is 4.74 Å². The Morgan fingerprint density at radius 1 is 1.17 bits per heavy atom. The molecule has 0 fully saturated rings. The van der Waals surface area contributed by atoms with E-state index in [2.05, 4.69) is 9.97 Å². The van der Waals surface area contributed by atoms with E-state index in [1.54, 1.807) is 35.6 Å². The van der Waals surface area contributed by atoms with Crippen LogP contribution in [-0.2, 0) is 17.6 Å². The molecule has 1 aliphatic carbocycles. The number of ether oxygens (including phenoxy) is 2. The average Bonchev–Trinajstić information content (AvgIpc) is 3.16. The van der Waals surface area contributed by atoms with Crippen LogP contribution in [0.25, 0.3) is 10.2 Å². The van der Waals surface area contributed by atoms with Crippen molar-refractivity contribution in [2.45, 2.75) is 19.3 Å². The summed E-state index contributed by atoms with van der Waals surface area (Å²) in [6.45, 7) is 0. The number of nitrogens with zero attached hydrogens (tertiary/aromatic N) is 2. The molecule has 2 heterocycles. The number of hydrogen-bond acceptors (Lipinski definition) is 6. The fraction of sp³-hybridized carbons (Fsp3) is 0.235. The molecule has 5 nitrogen and oxygen atoms in total. The smallest absolute Gasteiger partial charge is 0.337 e. The molecule has 1 aromatic carbocycles. The molecule has 0 N–H and O–H groups in total. The number of aromatic nitrogens is 2. The third kappa shape index (κ3) is 2.45. The maximum Gasteiger partial charge on any atom is 0.337 e. The van der Waals surface area contributed by atoms with Crippen LogP contribution in [0.4, 0.5) is 0 Å². The molecule has 23 heavy (non-hydrogen) atoms. The van der Waals surface area contributed by atoms with E-state index >= 15 is 0 Å². The molecule has 0 unspecified atom stereocenters. The molecule has 6 heteroatoms. The fourth-order valence-electron chi connectivity index (χ4n) is 2.87. The number of fused-ring (bicyclic) bond motifs is 3. The van der Waals surface area contributed by atoms with Crippen LogP contribution in [0, 0.1) is 0 Å². The van der Waals surface area contributed by atoms with Gasteiger partial charge in [0.05, 0.1) is 18.1 Å². The minimum Gasteiger partial charge on any atom is -0.465 e. The zero-order valence-corrected chi connectivity index (χ0v) is 13.4. The van der Waals surface area contributed by atoms with Crippen molar-refractivity contribution in [2.75, 3.05) is 7.11 Å². The molecule has 0 spiro atoms. The van der Waals surface area contributed by atoms with Crippen molar-refractivity contribution in [3.63, 3.8) is 0 Å². The van der Waals surface area contributed by atoms with Crippen molar-refractivity contribution in [3.05, 3.63) is 46.6 Å². The van der Waals surface area contributed by atoms with Gasteiger partial charge >= 0.3 is 5.97 Å². The second kappa shape index (κ2) is 5.62. The van der Waals surface area contributed by atoms with Gasteiger partial charge in [0, 0.05) is 4.88 Å². The summed E-state index contributed by atoms with van der Waals surface area (Å²) in [7, 11) is 1.36. The Morgan fingerprint density at radius 3 is 2.78 bits per heavy atom. The second-order valence-electron chi connectivity index (χ2n) is 5.33. The number of methoxy groups -OCH3 is 1. The van der Waals surface area contributed by atoms with E-state index in [-0.39, 0.29) is 5.97 Å². The van der Waals surface area contributed by atoms with Crippen LogP contribution >= 0.6 is 11.3 Å². The first-order valence-corrected chi connectivity index (χ1v) is 8.19. The first-order chi connectivity index (χ1) is 11.3. The number of carbonyl (C=O) groups is 1. The van der Waals surface area contributed by atoms with E-state index in [0.717, 1.165) is 23.1 Å². The number of rotatable bonds is 3. The van der Waals surface area contributed by atoms with Gasteiger partial charge in [-0.1, -0.05) is 0 Å². The maximum atomic E-state index is 11.5. The summed E-state index contributed by atoms with van der Waals surface area (Å²) >= 11 is 1.73. The van der Waals surface area contributed by atoms with E-state index in [0.29, 0.717) is 17.2 Å². The zero-order chi connectivity index (χ0) is 15.8. The number of thiophene rings is 1. The summed E-state index contributed by atoms with van der Waals surface area (Å²) < 4.78 is 10.6. The summed E-state index contributed by atoms with van der Waals surface area (Å²) in [6, 6.07) is 6.84. The number of benzene rings is 1. The molecule has 0 radical (unpaired) electrons. The van der Waals surface area contributed by atoms with E-state index in [1.807, 2.05) is 0 Å². The van der Waals surface area contributed by atoms with Gasteiger partial charge in [0.25, 0.3) is 0 Å². The van der Waals surface area contributed by atoms with Gasteiger partial charge < -0.3 is 9.47 Å². The van der Waals surface area contributed by atoms with Crippen LogP contribution in [0.1, 0.15) is 27.2 Å². The van der Waals surface area contributed by atoms with Gasteiger partial charge in [-0.05, 0) is 49.1 Å². The highest BCUT2D eigenvalue weighted by atomic mass is 32.1. The van der Waals surface area contributed by atoms with E-state index < -0.39 is 0 Å². The number of esters is 1. The van der Waals surface area contributed by atoms with Crippen molar-refractivity contribution >= 4 is 27.5 Å². The summed E-state index contributed by atoms with van der Waals surface area (Å²) in [6.07, 6.45) is 4.88. The Bertz CT molecular complexity index is 887. The lowest BCUT2D eigenvalue weighted by atomic mass is 10.2. The van der Waals surface area contributed by atoms with Gasteiger partial charge in [0.1, 0.15) is 16.9 Å². The molecule has 1 aliphatic rings. The molecular weight excluding hydrogens is 312 g/mol. The van der Waals surface area contributed by atoms with Crippen LogP contribution in [-0.4, -0.2) is 23.0 Å². The van der Waals surface area contributed by atoms with E-state index in [9.17, 15) is 4.79 Å². The molecule has 3 aromatic rings. The number of carbonyl (C=O) groups excluding carboxylic acids is 1. The molecule has 2 aromatic heterocycles. The Balaban J connectivity index is 1.69. The van der Waals surface area contributed by atoms with Crippen molar-refractivity contribution in [2.24, 2.45) is 0 Å². The van der Waals surface area contributed by atoms with Crippen LogP contribution in [0.15, 0.2) is 30.6 Å². The first-order valence-electron chi connectivity index (χ1n) is 7.38. The van der Waals surface area contributed by atoms with Crippen molar-refractivity contribution in [1.29, 1.82) is 0 Å². The predicted molar refractivity (Wildman–Crippen MR) is 87.3 cm³/mol. The second-order valence-corrected chi connectivity index (χ2v) is 6.42. The van der Waals surface area contributed by atoms with Crippen molar-refractivity contribution in [1.82, 2.24) is 9.97 Å². The Morgan fingerprint density at radius 2 is 2.00 bits per heavy atom. The topological polar surface area (TPSA) is 61.3 Å². The van der Waals surface area contributed by atoms with Gasteiger partial charge in [-0.15, -0.1) is 11.3 Å². The molecule has 0 bridgehead atoms. The van der Waals surface area contributed by atoms with Crippen molar-refractivity contribution < 1.29 is 14.3 Å². The highest BCUT2D eigenvalue weighted by Gasteiger charge is 2.22. The van der Waals surface area contributed by atoms with Gasteiger partial charge in [0.2, 0.25) is 5.88 Å². The van der Waals surface area contributed by atoms with Crippen LogP contribution in [0.3, 0.4) is 0 Å². The van der Waals surface area contributed by atoms with Gasteiger partial charge in [-0.2, -0.15) is 0 Å². The molecule has 0 saturated heterocycles. The first kappa shape index (κ1) is 14.1. The fourth-order valence-corrected chi connectivity index (χ4v) is 4.09. The monoisotopic (exact) mass is 326 g/mol. The third-order valence-electron chi connectivity index (χ3n) is 3.96. The standard InChI is InChI=1S/C17H14N2O3S/c1-21-17(20)10-5-7-11(8-6-10)22-15-14-12-3-2-4-13(12)23-16(14)19-9-18-15/h5-9H,2-4H2,1H3. The largest absolute Gasteiger partial charge is 0.465 e. The lowest BCUT2D eigenvalue weighted by molar-refractivity contribution is 0.0600. The summed E-state index contributed by atoms with van der Waals surface area (Å²) in [5.74, 6) is 0.854. The minimum absolute atomic E-state index is 0.364. The minimum atomic E-state index is -0.364. The molecule has 0 amide bonds. The van der Waals surface area contributed by atoms with Gasteiger partial charge in [-0.25, -0.2) is 14.8 Å². The molecular formula is C17H14N2O3S. The lowest BCUT2D eigenvalue weighted by Gasteiger charge is -2.07. The summed E-state index contributed by atoms with van der Waals surface area (Å²) in [5, 5.41) is 1.03. The highest BCUT2D eigenvalue weighted by molar-refractivity contribution is 7.18. The zero-order valence-electron chi connectivity index (χ0n) is 12.5. The average molecular weight is 326 g/mol. The lowest BCUT2D eigenvalue weighted by Crippen LogP contribution is -2.00. The molecule has 0 saturated carbocycles. The number of hydrogen-bond donors (Lipinski definition) is 0. The maximum absolute atomic E-state index is 11.5. The predicted octanol–water partition coefficient (Wildman–Crippen LogP) is 3.76. The Labute approximate surface area is 136 Å². The summed E-state index contributed by atoms with van der Waals surface area (Å²) in [5.41, 5.74) is 1.82.